The molecule has 5 nitrogen and oxygen atoms in total. The first-order chi connectivity index (χ1) is 9.93. The molecule has 2 saturated carbocycles. The third-order valence-electron chi connectivity index (χ3n) is 5.83. The molecule has 0 radical (unpaired) electrons. The highest BCUT2D eigenvalue weighted by Gasteiger charge is 2.66. The predicted molar refractivity (Wildman–Crippen MR) is 78.8 cm³/mol. The Bertz CT molecular complexity index is 435. The zero-order chi connectivity index (χ0) is 15.2. The van der Waals surface area contributed by atoms with Gasteiger partial charge >= 0.3 is 5.97 Å². The van der Waals surface area contributed by atoms with Gasteiger partial charge in [0, 0.05) is 32.2 Å². The first-order valence-corrected chi connectivity index (χ1v) is 8.18. The van der Waals surface area contributed by atoms with Gasteiger partial charge in [0.1, 0.15) is 0 Å². The van der Waals surface area contributed by atoms with Crippen molar-refractivity contribution in [2.24, 2.45) is 17.3 Å². The first-order valence-electron chi connectivity index (χ1n) is 8.18. The van der Waals surface area contributed by atoms with Crippen LogP contribution in [0.2, 0.25) is 0 Å². The molecule has 118 valence electrons. The molecule has 3 rings (SSSR count). The van der Waals surface area contributed by atoms with Gasteiger partial charge in [-0.3, -0.25) is 14.5 Å². The maximum atomic E-state index is 12.6. The van der Waals surface area contributed by atoms with Crippen LogP contribution in [0.3, 0.4) is 0 Å². The van der Waals surface area contributed by atoms with E-state index in [9.17, 15) is 14.7 Å². The molecule has 0 spiro atoms. The molecule has 1 N–H and O–H groups in total. The summed E-state index contributed by atoms with van der Waals surface area (Å²) < 4.78 is 0. The molecule has 1 aliphatic heterocycles. The lowest BCUT2D eigenvalue weighted by Gasteiger charge is -2.38. The minimum absolute atomic E-state index is 0.0541. The van der Waals surface area contributed by atoms with Crippen LogP contribution < -0.4 is 0 Å². The van der Waals surface area contributed by atoms with Crippen LogP contribution in [0.25, 0.3) is 0 Å². The minimum atomic E-state index is -0.831. The number of carboxylic acids is 1. The molecule has 1 saturated heterocycles. The molecule has 21 heavy (non-hydrogen) atoms. The van der Waals surface area contributed by atoms with E-state index < -0.39 is 11.9 Å². The second-order valence-electron chi connectivity index (χ2n) is 7.41. The molecule has 5 heteroatoms. The van der Waals surface area contributed by atoms with Gasteiger partial charge in [0.2, 0.25) is 5.91 Å². The zero-order valence-corrected chi connectivity index (χ0v) is 13.0. The van der Waals surface area contributed by atoms with E-state index in [1.54, 1.807) is 0 Å². The second kappa shape index (κ2) is 5.27. The Balaban J connectivity index is 1.55. The Morgan fingerprint density at radius 1 is 1.00 bits per heavy atom. The lowest BCUT2D eigenvalue weighted by molar-refractivity contribution is -0.142. The third kappa shape index (κ3) is 2.56. The summed E-state index contributed by atoms with van der Waals surface area (Å²) in [6, 6.07) is 0.714. The highest BCUT2D eigenvalue weighted by molar-refractivity contribution is 5.91. The Morgan fingerprint density at radius 2 is 1.57 bits per heavy atom. The summed E-state index contributed by atoms with van der Waals surface area (Å²) >= 11 is 0. The summed E-state index contributed by atoms with van der Waals surface area (Å²) in [4.78, 5) is 28.2. The highest BCUT2D eigenvalue weighted by Crippen LogP contribution is 2.59. The van der Waals surface area contributed by atoms with E-state index in [-0.39, 0.29) is 17.2 Å². The van der Waals surface area contributed by atoms with Crippen LogP contribution in [0.5, 0.6) is 0 Å². The van der Waals surface area contributed by atoms with E-state index in [1.165, 1.54) is 25.7 Å². The van der Waals surface area contributed by atoms with Crippen molar-refractivity contribution in [2.45, 2.75) is 45.6 Å². The van der Waals surface area contributed by atoms with Crippen molar-refractivity contribution in [1.29, 1.82) is 0 Å². The number of amides is 1. The van der Waals surface area contributed by atoms with Crippen molar-refractivity contribution < 1.29 is 14.7 Å². The molecule has 1 heterocycles. The lowest BCUT2D eigenvalue weighted by Crippen LogP contribution is -2.52. The summed E-state index contributed by atoms with van der Waals surface area (Å²) in [7, 11) is 0. The molecule has 3 aliphatic rings. The van der Waals surface area contributed by atoms with Gasteiger partial charge < -0.3 is 10.0 Å². The number of aliphatic carboxylic acids is 1. The Labute approximate surface area is 126 Å². The van der Waals surface area contributed by atoms with Gasteiger partial charge in [0.25, 0.3) is 0 Å². The quantitative estimate of drug-likeness (QED) is 0.855. The zero-order valence-electron chi connectivity index (χ0n) is 13.0. The fourth-order valence-corrected chi connectivity index (χ4v) is 4.33. The number of rotatable bonds is 3. The summed E-state index contributed by atoms with van der Waals surface area (Å²) in [5.41, 5.74) is -0.383. The van der Waals surface area contributed by atoms with E-state index in [0.717, 1.165) is 26.2 Å². The fourth-order valence-electron chi connectivity index (χ4n) is 4.33. The van der Waals surface area contributed by atoms with Gasteiger partial charge in [0.05, 0.1) is 11.8 Å². The van der Waals surface area contributed by atoms with Crippen LogP contribution >= 0.6 is 0 Å². The van der Waals surface area contributed by atoms with Crippen molar-refractivity contribution in [3.05, 3.63) is 0 Å². The minimum Gasteiger partial charge on any atom is -0.481 e. The van der Waals surface area contributed by atoms with Crippen LogP contribution in [0.4, 0.5) is 0 Å². The van der Waals surface area contributed by atoms with Crippen LogP contribution in [0.15, 0.2) is 0 Å². The van der Waals surface area contributed by atoms with Crippen molar-refractivity contribution in [3.63, 3.8) is 0 Å². The monoisotopic (exact) mass is 294 g/mol. The molecule has 0 aromatic carbocycles. The highest BCUT2D eigenvalue weighted by atomic mass is 16.4. The summed E-state index contributed by atoms with van der Waals surface area (Å²) in [5.74, 6) is -1.60. The van der Waals surface area contributed by atoms with E-state index in [2.05, 4.69) is 4.90 Å². The molecule has 2 aliphatic carbocycles. The number of carboxylic acid groups (broad SMARTS) is 1. The van der Waals surface area contributed by atoms with E-state index >= 15 is 0 Å². The summed E-state index contributed by atoms with van der Waals surface area (Å²) in [6.45, 7) is 7.19. The lowest BCUT2D eigenvalue weighted by atomic mass is 10.1. The molecule has 0 bridgehead atoms. The Hall–Kier alpha value is -1.10. The smallest absolute Gasteiger partial charge is 0.307 e. The topological polar surface area (TPSA) is 60.9 Å². The number of piperazine rings is 1. The Kier molecular flexibility index (Phi) is 3.72. The van der Waals surface area contributed by atoms with Crippen LogP contribution in [-0.4, -0.2) is 59.0 Å². The molecule has 0 aromatic rings. The number of hydrogen-bond acceptors (Lipinski definition) is 3. The number of nitrogens with zero attached hydrogens (tertiary/aromatic N) is 2. The molecule has 2 atom stereocenters. The number of hydrogen-bond donors (Lipinski definition) is 1. The van der Waals surface area contributed by atoms with Crippen molar-refractivity contribution >= 4 is 11.9 Å². The standard InChI is InChI=1S/C16H26N2O3/c1-16(2)12(13(16)15(20)21)14(19)18-9-7-17(8-10-18)11-5-3-4-6-11/h11-13H,3-10H2,1-2H3,(H,20,21)/t12-,13+/m1/s1. The summed E-state index contributed by atoms with van der Waals surface area (Å²) in [5, 5.41) is 9.21. The van der Waals surface area contributed by atoms with Gasteiger partial charge in [-0.2, -0.15) is 0 Å². The molecule has 1 amide bonds. The van der Waals surface area contributed by atoms with Crippen molar-refractivity contribution in [2.75, 3.05) is 26.2 Å². The van der Waals surface area contributed by atoms with Gasteiger partial charge in [-0.05, 0) is 18.3 Å². The maximum absolute atomic E-state index is 12.6. The first kappa shape index (κ1) is 14.8. The normalized spacial score (nSPS) is 33.1. The van der Waals surface area contributed by atoms with Crippen LogP contribution in [-0.2, 0) is 9.59 Å². The maximum Gasteiger partial charge on any atom is 0.307 e. The van der Waals surface area contributed by atoms with Gasteiger partial charge in [-0.15, -0.1) is 0 Å². The molecule has 0 aromatic heterocycles. The molecular weight excluding hydrogens is 268 g/mol. The van der Waals surface area contributed by atoms with Crippen LogP contribution in [0, 0.1) is 17.3 Å². The number of carbonyl (C=O) groups excluding carboxylic acids is 1. The Morgan fingerprint density at radius 3 is 2.05 bits per heavy atom. The summed E-state index contributed by atoms with van der Waals surface area (Å²) in [6.07, 6.45) is 5.26. The number of carbonyl (C=O) groups is 2. The SMILES string of the molecule is CC1(C)[C@H](C(=O)O)[C@@H]1C(=O)N1CCN(C2CCCC2)CC1. The fraction of sp³-hybridized carbons (Fsp3) is 0.875. The third-order valence-corrected chi connectivity index (χ3v) is 5.83. The van der Waals surface area contributed by atoms with E-state index in [4.69, 9.17) is 0 Å². The van der Waals surface area contributed by atoms with Crippen LogP contribution in [0.1, 0.15) is 39.5 Å². The van der Waals surface area contributed by atoms with Gasteiger partial charge in [0.15, 0.2) is 0 Å². The average molecular weight is 294 g/mol. The largest absolute Gasteiger partial charge is 0.481 e. The second-order valence-corrected chi connectivity index (χ2v) is 7.41. The van der Waals surface area contributed by atoms with Gasteiger partial charge in [-0.1, -0.05) is 26.7 Å². The van der Waals surface area contributed by atoms with Gasteiger partial charge in [-0.25, -0.2) is 0 Å². The average Bonchev–Trinajstić information content (AvgIpc) is 2.81. The molecular formula is C16H26N2O3. The van der Waals surface area contributed by atoms with Crippen molar-refractivity contribution in [1.82, 2.24) is 9.80 Å². The van der Waals surface area contributed by atoms with E-state index in [1.807, 2.05) is 18.7 Å². The molecule has 3 fully saturated rings. The van der Waals surface area contributed by atoms with E-state index in [0.29, 0.717) is 6.04 Å². The predicted octanol–water partition coefficient (Wildman–Crippen LogP) is 1.43. The van der Waals surface area contributed by atoms with Crippen molar-refractivity contribution in [3.8, 4) is 0 Å². The molecule has 0 unspecified atom stereocenters.